The molecule has 0 saturated carbocycles. The molecule has 0 aromatic heterocycles. The molecule has 26 heavy (non-hydrogen) atoms. The van der Waals surface area contributed by atoms with Gasteiger partial charge in [-0.2, -0.15) is 8.78 Å². The summed E-state index contributed by atoms with van der Waals surface area (Å²) in [5, 5.41) is 9.91. The van der Waals surface area contributed by atoms with Gasteiger partial charge < -0.3 is 5.11 Å². The Kier molecular flexibility index (Phi) is 4.79. The molecule has 140 valence electrons. The molecule has 0 heterocycles. The summed E-state index contributed by atoms with van der Waals surface area (Å²) < 4.78 is 79.7. The number of hydrogen-bond donors (Lipinski definition) is 1. The highest BCUT2D eigenvalue weighted by Gasteiger charge is 2.58. The molecule has 0 unspecified atom stereocenters. The van der Waals surface area contributed by atoms with Crippen molar-refractivity contribution in [3.63, 3.8) is 0 Å². The molecular weight excluding hydrogens is 416 g/mol. The quantitative estimate of drug-likeness (QED) is 0.721. The Labute approximate surface area is 155 Å². The standard InChI is InChI=1S/C16H11ClF4O3S2/c1-26(23,24)11-3-2-10(25-9-5-7(17)4-8(18)6-9)12-13(11)15(22)16(20,21)14(12)19/h2-6,14-15,22H,1H3/t14-,15+/m1/s1. The van der Waals surface area contributed by atoms with Gasteiger partial charge >= 0.3 is 5.92 Å². The fraction of sp³-hybridized carbons (Fsp3) is 0.250. The normalized spacial score (nSPS) is 21.7. The van der Waals surface area contributed by atoms with Crippen molar-refractivity contribution in [2.24, 2.45) is 0 Å². The molecular formula is C16H11ClF4O3S2. The van der Waals surface area contributed by atoms with Crippen molar-refractivity contribution in [3.05, 3.63) is 52.3 Å². The van der Waals surface area contributed by atoms with E-state index in [4.69, 9.17) is 11.6 Å². The fourth-order valence-electron chi connectivity index (χ4n) is 2.79. The predicted octanol–water partition coefficient (Wildman–Crippen LogP) is 4.73. The first-order valence-corrected chi connectivity index (χ1v) is 10.2. The Morgan fingerprint density at radius 2 is 1.85 bits per heavy atom. The van der Waals surface area contributed by atoms with Crippen LogP contribution in [-0.2, 0) is 9.84 Å². The van der Waals surface area contributed by atoms with E-state index in [1.165, 1.54) is 6.07 Å². The number of aliphatic hydroxyl groups is 1. The minimum atomic E-state index is -4.18. The van der Waals surface area contributed by atoms with Crippen LogP contribution in [0.4, 0.5) is 17.6 Å². The Hall–Kier alpha value is -1.29. The third-order valence-corrected chi connectivity index (χ3v) is 6.32. The van der Waals surface area contributed by atoms with E-state index in [-0.39, 0.29) is 14.8 Å². The molecule has 0 bridgehead atoms. The minimum absolute atomic E-state index is 0.0547. The van der Waals surface area contributed by atoms with Gasteiger partial charge in [0.2, 0.25) is 0 Å². The smallest absolute Gasteiger partial charge is 0.312 e. The lowest BCUT2D eigenvalue weighted by atomic mass is 10.1. The van der Waals surface area contributed by atoms with Crippen LogP contribution in [0.1, 0.15) is 23.4 Å². The van der Waals surface area contributed by atoms with E-state index in [0.717, 1.165) is 42.3 Å². The van der Waals surface area contributed by atoms with Gasteiger partial charge in [-0.15, -0.1) is 0 Å². The lowest BCUT2D eigenvalue weighted by Gasteiger charge is -2.16. The maximum absolute atomic E-state index is 14.4. The summed E-state index contributed by atoms with van der Waals surface area (Å²) in [6.07, 6.45) is -4.73. The van der Waals surface area contributed by atoms with E-state index in [2.05, 4.69) is 0 Å². The summed E-state index contributed by atoms with van der Waals surface area (Å²) in [6.45, 7) is 0. The molecule has 0 amide bonds. The largest absolute Gasteiger partial charge is 0.382 e. The molecule has 0 radical (unpaired) electrons. The van der Waals surface area contributed by atoms with Crippen molar-refractivity contribution >= 4 is 33.2 Å². The van der Waals surface area contributed by atoms with Crippen molar-refractivity contribution in [1.82, 2.24) is 0 Å². The zero-order chi connectivity index (χ0) is 19.4. The summed E-state index contributed by atoms with van der Waals surface area (Å²) >= 11 is 6.49. The van der Waals surface area contributed by atoms with Crippen LogP contribution in [0.2, 0.25) is 5.02 Å². The van der Waals surface area contributed by atoms with Crippen LogP contribution in [0.25, 0.3) is 0 Å². The predicted molar refractivity (Wildman–Crippen MR) is 88.8 cm³/mol. The topological polar surface area (TPSA) is 54.4 Å². The van der Waals surface area contributed by atoms with Crippen LogP contribution in [-0.4, -0.2) is 25.7 Å². The molecule has 10 heteroatoms. The van der Waals surface area contributed by atoms with E-state index in [0.29, 0.717) is 0 Å². The number of sulfone groups is 1. The summed E-state index contributed by atoms with van der Waals surface area (Å²) in [5.41, 5.74) is -1.28. The van der Waals surface area contributed by atoms with Crippen LogP contribution >= 0.6 is 23.4 Å². The number of aliphatic hydroxyl groups excluding tert-OH is 1. The van der Waals surface area contributed by atoms with Crippen molar-refractivity contribution in [2.45, 2.75) is 32.9 Å². The van der Waals surface area contributed by atoms with Gasteiger partial charge in [0.25, 0.3) is 0 Å². The molecule has 0 saturated heterocycles. The second-order valence-electron chi connectivity index (χ2n) is 5.81. The first-order valence-electron chi connectivity index (χ1n) is 7.13. The molecule has 2 aromatic rings. The third-order valence-electron chi connectivity index (χ3n) is 3.90. The van der Waals surface area contributed by atoms with Crippen molar-refractivity contribution < 1.29 is 31.1 Å². The maximum Gasteiger partial charge on any atom is 0.312 e. The summed E-state index contributed by atoms with van der Waals surface area (Å²) in [5.74, 6) is -4.86. The highest BCUT2D eigenvalue weighted by Crippen LogP contribution is 2.57. The van der Waals surface area contributed by atoms with E-state index in [9.17, 15) is 31.1 Å². The molecule has 1 aliphatic rings. The molecule has 2 atom stereocenters. The Bertz CT molecular complexity index is 975. The number of benzene rings is 2. The summed E-state index contributed by atoms with van der Waals surface area (Å²) in [4.78, 5) is -0.416. The van der Waals surface area contributed by atoms with Crippen LogP contribution < -0.4 is 0 Å². The van der Waals surface area contributed by atoms with Crippen LogP contribution in [0.15, 0.2) is 45.0 Å². The van der Waals surface area contributed by atoms with Crippen LogP contribution in [0.5, 0.6) is 0 Å². The lowest BCUT2D eigenvalue weighted by Crippen LogP contribution is -2.24. The zero-order valence-electron chi connectivity index (χ0n) is 13.0. The fourth-order valence-corrected chi connectivity index (χ4v) is 5.08. The van der Waals surface area contributed by atoms with E-state index in [1.807, 2.05) is 0 Å². The number of fused-ring (bicyclic) bond motifs is 1. The Morgan fingerprint density at radius 1 is 1.19 bits per heavy atom. The molecule has 0 fully saturated rings. The first kappa shape index (κ1) is 19.5. The van der Waals surface area contributed by atoms with E-state index < -0.39 is 49.9 Å². The molecule has 3 rings (SSSR count). The van der Waals surface area contributed by atoms with Gasteiger partial charge in [0.15, 0.2) is 16.0 Å². The van der Waals surface area contributed by atoms with Gasteiger partial charge in [0.05, 0.1) is 4.90 Å². The molecule has 1 aliphatic carbocycles. The third kappa shape index (κ3) is 3.21. The van der Waals surface area contributed by atoms with Gasteiger partial charge in [0.1, 0.15) is 11.9 Å². The molecule has 1 N–H and O–H groups in total. The van der Waals surface area contributed by atoms with Gasteiger partial charge in [-0.1, -0.05) is 23.4 Å². The van der Waals surface area contributed by atoms with Crippen LogP contribution in [0, 0.1) is 5.82 Å². The van der Waals surface area contributed by atoms with Gasteiger partial charge in [0, 0.05) is 32.2 Å². The van der Waals surface area contributed by atoms with Gasteiger partial charge in [-0.05, 0) is 30.3 Å². The second-order valence-corrected chi connectivity index (χ2v) is 9.34. The molecule has 0 aliphatic heterocycles. The lowest BCUT2D eigenvalue weighted by molar-refractivity contribution is -0.144. The zero-order valence-corrected chi connectivity index (χ0v) is 15.4. The highest BCUT2D eigenvalue weighted by molar-refractivity contribution is 7.99. The molecule has 2 aromatic carbocycles. The molecule has 0 spiro atoms. The van der Waals surface area contributed by atoms with Crippen molar-refractivity contribution in [2.75, 3.05) is 6.26 Å². The Morgan fingerprint density at radius 3 is 2.42 bits per heavy atom. The summed E-state index contributed by atoms with van der Waals surface area (Å²) in [6, 6.07) is 5.64. The van der Waals surface area contributed by atoms with E-state index in [1.54, 1.807) is 0 Å². The average Bonchev–Trinajstić information content (AvgIpc) is 2.67. The van der Waals surface area contributed by atoms with E-state index >= 15 is 0 Å². The van der Waals surface area contributed by atoms with Crippen LogP contribution in [0.3, 0.4) is 0 Å². The number of rotatable bonds is 3. The monoisotopic (exact) mass is 426 g/mol. The minimum Gasteiger partial charge on any atom is -0.382 e. The Balaban J connectivity index is 2.21. The molecule has 3 nitrogen and oxygen atoms in total. The highest BCUT2D eigenvalue weighted by atomic mass is 35.5. The second kappa shape index (κ2) is 6.40. The maximum atomic E-state index is 14.4. The van der Waals surface area contributed by atoms with Crippen molar-refractivity contribution in [3.8, 4) is 0 Å². The van der Waals surface area contributed by atoms with Gasteiger partial charge in [-0.3, -0.25) is 0 Å². The number of alkyl halides is 3. The first-order chi connectivity index (χ1) is 11.9. The number of halogens is 5. The van der Waals surface area contributed by atoms with Crippen molar-refractivity contribution in [1.29, 1.82) is 0 Å². The average molecular weight is 427 g/mol. The van der Waals surface area contributed by atoms with Gasteiger partial charge in [-0.25, -0.2) is 17.2 Å². The number of hydrogen-bond acceptors (Lipinski definition) is 4. The SMILES string of the molecule is CS(=O)(=O)c1ccc(Sc2cc(F)cc(Cl)c2)c2c1[C@H](O)C(F)(F)[C@@H]2F. The summed E-state index contributed by atoms with van der Waals surface area (Å²) in [7, 11) is -3.99.